The largest absolute Gasteiger partial charge is 0.496 e. The molecule has 8 aromatic rings. The number of aromatic nitrogens is 5. The minimum absolute atomic E-state index is 0.0256. The van der Waals surface area contributed by atoms with E-state index < -0.39 is 103 Å². The van der Waals surface area contributed by atoms with Gasteiger partial charge in [0.05, 0.1) is 56.9 Å². The number of aromatic amines is 2. The van der Waals surface area contributed by atoms with Crippen LogP contribution in [0.4, 0.5) is 23.0 Å². The molecule has 28 nitrogen and oxygen atoms in total. The molecule has 3 fully saturated rings. The number of fused-ring (bicyclic) bond motifs is 7. The van der Waals surface area contributed by atoms with Crippen LogP contribution in [0.5, 0.6) is 5.75 Å². The number of nitrogen functional groups attached to an aromatic ring is 1. The fourth-order valence-electron chi connectivity index (χ4n) is 19.8. The molecule has 5 aliphatic heterocycles. The van der Waals surface area contributed by atoms with Crippen molar-refractivity contribution >= 4 is 108 Å². The van der Waals surface area contributed by atoms with Crippen molar-refractivity contribution in [2.75, 3.05) is 81.8 Å². The van der Waals surface area contributed by atoms with Gasteiger partial charge in [-0.1, -0.05) is 68.5 Å². The van der Waals surface area contributed by atoms with Crippen molar-refractivity contribution < 1.29 is 67.9 Å². The first kappa shape index (κ1) is 78.5. The van der Waals surface area contributed by atoms with Crippen LogP contribution in [0.2, 0.25) is 25.7 Å². The number of carbonyl (C=O) groups is 6. The van der Waals surface area contributed by atoms with Gasteiger partial charge in [-0.25, -0.2) is 14.8 Å². The lowest BCUT2D eigenvalue weighted by Gasteiger charge is -2.64. The maximum absolute atomic E-state index is 15.7. The van der Waals surface area contributed by atoms with E-state index in [1.54, 1.807) is 43.5 Å². The molecule has 2 unspecified atom stereocenters. The van der Waals surface area contributed by atoms with Gasteiger partial charge in [0.1, 0.15) is 22.8 Å². The second-order valence-electron chi connectivity index (χ2n) is 32.1. The Morgan fingerprint density at radius 1 is 0.821 bits per heavy atom. The minimum Gasteiger partial charge on any atom is -0.496 e. The van der Waals surface area contributed by atoms with Gasteiger partial charge in [0.15, 0.2) is 11.2 Å². The number of likely N-dealkylation sites (N-methyl/N-ethyl adjacent to an activating group) is 1. The number of nitrogens with two attached hydrogens (primary N) is 1. The smallest absolute Gasteiger partial charge is 0.326 e. The van der Waals surface area contributed by atoms with E-state index in [0.717, 1.165) is 43.8 Å². The number of amides is 3. The summed E-state index contributed by atoms with van der Waals surface area (Å²) in [6.45, 7) is 13.1. The average Bonchev–Trinajstić information content (AvgIpc) is 1.47. The van der Waals surface area contributed by atoms with Crippen molar-refractivity contribution in [1.29, 1.82) is 0 Å². The number of para-hydroxylation sites is 1. The number of rotatable bonds is 26. The fraction of sp³-hybridized carbons (Fsp3) is 0.439. The summed E-state index contributed by atoms with van der Waals surface area (Å²) in [5.41, 5.74) is 5.66. The molecule has 0 radical (unpaired) electrons. The number of hydrogen-bond acceptors (Lipinski definition) is 21. The van der Waals surface area contributed by atoms with Crippen molar-refractivity contribution in [3.63, 3.8) is 0 Å². The van der Waals surface area contributed by atoms with E-state index in [2.05, 4.69) is 85.2 Å². The van der Waals surface area contributed by atoms with E-state index in [1.165, 1.54) is 25.4 Å². The van der Waals surface area contributed by atoms with Crippen LogP contribution in [-0.2, 0) is 51.8 Å². The first-order chi connectivity index (χ1) is 53.4. The number of methoxy groups -OCH3 is 2. The highest BCUT2D eigenvalue weighted by atomic mass is 28.4. The number of H-pyrrole nitrogens is 2. The molecule has 12 atom stereocenters. The molecule has 2 bridgehead atoms. The zero-order chi connectivity index (χ0) is 79.6. The van der Waals surface area contributed by atoms with Crippen LogP contribution in [0.25, 0.3) is 22.1 Å². The number of carboxylic acid groups (broad SMARTS) is 2. The van der Waals surface area contributed by atoms with Gasteiger partial charge in [-0.3, -0.25) is 43.6 Å². The number of carboxylic acids is 2. The summed E-state index contributed by atoms with van der Waals surface area (Å²) in [5.74, 6) is -4.16. The Morgan fingerprint density at radius 3 is 2.24 bits per heavy atom. The Morgan fingerprint density at radius 2 is 1.54 bits per heavy atom. The Bertz CT molecular complexity index is 5090. The topological polar surface area (TPSA) is 402 Å². The van der Waals surface area contributed by atoms with E-state index in [9.17, 15) is 54.3 Å². The summed E-state index contributed by atoms with van der Waals surface area (Å²) in [7, 11) is -0.989. The first-order valence-corrected chi connectivity index (χ1v) is 44.0. The van der Waals surface area contributed by atoms with Crippen LogP contribution in [-0.4, -0.2) is 208 Å². The molecule has 2 saturated heterocycles. The van der Waals surface area contributed by atoms with Crippen LogP contribution in [0.3, 0.4) is 0 Å². The number of anilines is 4. The molecule has 1 spiro atoms. The highest BCUT2D eigenvalue weighted by Crippen LogP contribution is 2.68. The molecule has 1 saturated carbocycles. The molecular weight excluding hydrogens is 1460 g/mol. The van der Waals surface area contributed by atoms with E-state index in [-0.39, 0.29) is 67.0 Å². The predicted molar refractivity (Wildman–Crippen MR) is 428 cm³/mol. The Kier molecular flexibility index (Phi) is 21.3. The van der Waals surface area contributed by atoms with Gasteiger partial charge in [-0.05, 0) is 172 Å². The molecule has 590 valence electrons. The number of esters is 1. The highest BCUT2D eigenvalue weighted by molar-refractivity contribution is 6.97. The number of nitrogens with zero attached hydrogens (tertiary/aromatic N) is 6. The Balaban J connectivity index is 0.672. The van der Waals surface area contributed by atoms with Crippen molar-refractivity contribution in [2.45, 2.75) is 157 Å². The lowest BCUT2D eigenvalue weighted by atomic mass is 9.47. The molecule has 5 aromatic carbocycles. The number of aliphatic hydroxyl groups excluding tert-OH is 1. The van der Waals surface area contributed by atoms with Gasteiger partial charge in [0.25, 0.3) is 17.4 Å². The second kappa shape index (κ2) is 30.4. The molecular formula is C82H99N13O15Si2. The summed E-state index contributed by atoms with van der Waals surface area (Å²) >= 11 is 0. The summed E-state index contributed by atoms with van der Waals surface area (Å²) in [5, 5.41) is 73.8. The third-order valence-corrected chi connectivity index (χ3v) is 33.4. The second-order valence-corrected chi connectivity index (χ2v) is 40.0. The molecule has 8 heterocycles. The number of ether oxygens (including phenoxy) is 2. The number of aliphatic carboxylic acids is 2. The van der Waals surface area contributed by atoms with Crippen molar-refractivity contribution in [2.24, 2.45) is 11.3 Å². The predicted octanol–water partition coefficient (Wildman–Crippen LogP) is 6.28. The van der Waals surface area contributed by atoms with Crippen molar-refractivity contribution in [3.05, 3.63) is 177 Å². The van der Waals surface area contributed by atoms with Crippen molar-refractivity contribution in [1.82, 2.24) is 45.4 Å². The number of nitrogens with one attached hydrogen (secondary N) is 6. The monoisotopic (exact) mass is 1560 g/mol. The fourth-order valence-corrected chi connectivity index (χ4v) is 28.7. The molecule has 3 aromatic heterocycles. The van der Waals surface area contributed by atoms with Gasteiger partial charge in [-0.2, -0.15) is 4.98 Å². The molecule has 112 heavy (non-hydrogen) atoms. The third kappa shape index (κ3) is 14.0. The standard InChI is InChI=1S/C82H99N13O15Si2/c1-9-78(106)41-48-42-81(76(105)109-5,67-57(32-36-94(45-48)47-78)56-15-11-12-16-60(56)89-67)59-39-58-62(40-63(59)108-4)93(3)74-80(58)34-37-95-35-14-33-79(10-2,73(80)95)75(104)82(74,107)46-86-69(99)49-20-26-54(27-21-49)111(6,7)110-112(8,38-13-17-65(97)98)55-28-24-52(25-29-55)87-64(96)31-30-61(72(102)103)90-70(100)50-18-22-51(23-19-50)84-43-53-44-85-68-66(88-53)71(101)92-77(83)91-68/h11-12,14-16,18-29,33,39-40,44,48,61,73-75,84,89,104,106-107H,9-10,13,17,30-32,34-38,41-43,45-47H2,1-8H3,(H,86,99)(H,87,96)(H,90,100)(H,97,98)(H,102,103)(H3,83,85,91,92,101)/t48-,61+,73-,74-,75-,78+,79-,80-,81+,82+,112?/m1/s1. The minimum atomic E-state index is -3.03. The lowest BCUT2D eigenvalue weighted by molar-refractivity contribution is -0.196. The molecule has 1 aliphatic carbocycles. The number of piperidine rings is 1. The van der Waals surface area contributed by atoms with Crippen LogP contribution in [0, 0.1) is 11.3 Å². The number of benzene rings is 5. The van der Waals surface area contributed by atoms with E-state index in [4.69, 9.17) is 19.3 Å². The van der Waals surface area contributed by atoms with Gasteiger partial charge in [0, 0.05) is 119 Å². The Hall–Kier alpha value is -10.2. The SMILES string of the molecule is CC[C@]1(O)C[C@H]2CN(CCc3c([nH]c4ccccc34)[C@@](C(=O)OC)(c3cc4c(cc3OC)N(C)[C@H]3[C@@](O)(CNC(=O)c5ccc([Si](C)(C)O[Si](C)(CCCC(=O)O)c6ccc(NC(=O)CC[C@H](NC(=O)c7ccc(NCc8cnc9nc(N)[nH]c(=O)c9n8)cc7)C(=O)O)cc6)cc5)[C@H](O)[C@]5(CC)C=CCN6CC[C@]43[C@H]65)C2)C1. The molecule has 14 rings (SSSR count). The van der Waals surface area contributed by atoms with E-state index in [1.807, 2.05) is 89.1 Å². The summed E-state index contributed by atoms with van der Waals surface area (Å²) in [6, 6.07) is 30.7. The van der Waals surface area contributed by atoms with E-state index in [0.29, 0.717) is 118 Å². The zero-order valence-electron chi connectivity index (χ0n) is 64.3. The summed E-state index contributed by atoms with van der Waals surface area (Å²) in [4.78, 5) is 119. The quantitative estimate of drug-likeness (QED) is 0.0161. The summed E-state index contributed by atoms with van der Waals surface area (Å²) in [6.07, 6.45) is 6.96. The third-order valence-electron chi connectivity index (χ3n) is 25.0. The van der Waals surface area contributed by atoms with Crippen LogP contribution in [0.15, 0.2) is 132 Å². The van der Waals surface area contributed by atoms with Crippen LogP contribution in [0.1, 0.15) is 120 Å². The molecule has 3 amide bonds. The highest BCUT2D eigenvalue weighted by Gasteiger charge is 2.77. The first-order valence-electron chi connectivity index (χ1n) is 38.5. The number of aliphatic hydroxyl groups is 3. The van der Waals surface area contributed by atoms with Gasteiger partial charge in [0.2, 0.25) is 28.5 Å². The normalized spacial score (nSPS) is 25.9. The number of hydrogen-bond donors (Lipinski definition) is 12. The van der Waals surface area contributed by atoms with Gasteiger partial charge in [-0.15, -0.1) is 0 Å². The molecule has 6 aliphatic rings. The van der Waals surface area contributed by atoms with E-state index >= 15 is 4.79 Å². The summed E-state index contributed by atoms with van der Waals surface area (Å²) < 4.78 is 19.9. The zero-order valence-corrected chi connectivity index (χ0v) is 66.3. The number of carbonyl (C=O) groups excluding carboxylic acids is 4. The van der Waals surface area contributed by atoms with Gasteiger partial charge >= 0.3 is 17.9 Å². The van der Waals surface area contributed by atoms with Crippen molar-refractivity contribution in [3.8, 4) is 5.75 Å². The molecule has 13 N–H and O–H groups in total. The van der Waals surface area contributed by atoms with Crippen LogP contribution < -0.4 is 52.6 Å². The maximum atomic E-state index is 15.7. The lowest BCUT2D eigenvalue weighted by Crippen LogP contribution is -2.80. The maximum Gasteiger partial charge on any atom is 0.326 e. The molecule has 30 heteroatoms. The average molecular weight is 1560 g/mol. The Labute approximate surface area is 650 Å². The van der Waals surface area contributed by atoms with Crippen LogP contribution >= 0.6 is 0 Å². The van der Waals surface area contributed by atoms with Gasteiger partial charge < -0.3 is 76.0 Å².